The van der Waals surface area contributed by atoms with Gasteiger partial charge in [-0.3, -0.25) is 4.79 Å². The van der Waals surface area contributed by atoms with Crippen LogP contribution >= 0.6 is 11.3 Å². The molecule has 1 rings (SSSR count). The van der Waals surface area contributed by atoms with E-state index in [1.165, 1.54) is 18.3 Å². The molecule has 0 aliphatic rings. The smallest absolute Gasteiger partial charge is 0.178 e. The Balaban J connectivity index is 2.44. The van der Waals surface area contributed by atoms with Gasteiger partial charge in [-0.25, -0.2) is 4.98 Å². The van der Waals surface area contributed by atoms with E-state index in [1.807, 2.05) is 6.92 Å². The van der Waals surface area contributed by atoms with E-state index in [0.717, 1.165) is 18.0 Å². The first kappa shape index (κ1) is 10.3. The van der Waals surface area contributed by atoms with Crippen molar-refractivity contribution < 1.29 is 9.53 Å². The van der Waals surface area contributed by atoms with Crippen LogP contribution in [0.1, 0.15) is 29.3 Å². The van der Waals surface area contributed by atoms with E-state index >= 15 is 0 Å². The third-order valence-electron chi connectivity index (χ3n) is 1.58. The number of rotatable bonds is 5. The van der Waals surface area contributed by atoms with Gasteiger partial charge < -0.3 is 4.74 Å². The molecule has 0 aromatic carbocycles. The second-order valence-electron chi connectivity index (χ2n) is 2.63. The molecule has 1 heterocycles. The lowest BCUT2D eigenvalue weighted by atomic mass is 10.3. The van der Waals surface area contributed by atoms with E-state index in [-0.39, 0.29) is 5.78 Å². The highest BCUT2D eigenvalue weighted by molar-refractivity contribution is 7.09. The van der Waals surface area contributed by atoms with Crippen LogP contribution in [0.3, 0.4) is 0 Å². The molecule has 0 fully saturated rings. The van der Waals surface area contributed by atoms with Gasteiger partial charge >= 0.3 is 0 Å². The van der Waals surface area contributed by atoms with Gasteiger partial charge in [0.1, 0.15) is 5.69 Å². The number of thiazole rings is 1. The highest BCUT2D eigenvalue weighted by Crippen LogP contribution is 2.10. The van der Waals surface area contributed by atoms with Crippen molar-refractivity contribution in [2.75, 3.05) is 13.2 Å². The lowest BCUT2D eigenvalue weighted by Gasteiger charge is -1.96. The molecule has 72 valence electrons. The van der Waals surface area contributed by atoms with Crippen molar-refractivity contribution in [3.8, 4) is 0 Å². The first-order chi connectivity index (χ1) is 6.24. The molecule has 0 aliphatic carbocycles. The van der Waals surface area contributed by atoms with Gasteiger partial charge in [0.2, 0.25) is 0 Å². The van der Waals surface area contributed by atoms with Crippen LogP contribution in [0.25, 0.3) is 0 Å². The van der Waals surface area contributed by atoms with Crippen LogP contribution in [-0.4, -0.2) is 24.0 Å². The predicted octanol–water partition coefficient (Wildman–Crippen LogP) is 1.92. The molecule has 0 atom stereocenters. The number of ether oxygens (including phenoxy) is 1. The molecule has 4 heteroatoms. The summed E-state index contributed by atoms with van der Waals surface area (Å²) < 4.78 is 5.19. The standard InChI is InChI=1S/C9H13NO2S/c1-3-12-5-4-9-10-8(6-13-9)7(2)11/h6H,3-5H2,1-2H3. The summed E-state index contributed by atoms with van der Waals surface area (Å²) in [5, 5.41) is 2.77. The highest BCUT2D eigenvalue weighted by atomic mass is 32.1. The zero-order valence-electron chi connectivity index (χ0n) is 7.87. The normalized spacial score (nSPS) is 10.3. The van der Waals surface area contributed by atoms with Gasteiger partial charge in [0.15, 0.2) is 5.78 Å². The van der Waals surface area contributed by atoms with Crippen molar-refractivity contribution in [2.45, 2.75) is 20.3 Å². The Bertz CT molecular complexity index is 283. The van der Waals surface area contributed by atoms with Crippen molar-refractivity contribution in [2.24, 2.45) is 0 Å². The second kappa shape index (κ2) is 5.09. The molecule has 1 aromatic rings. The van der Waals surface area contributed by atoms with Crippen molar-refractivity contribution in [3.05, 3.63) is 16.1 Å². The van der Waals surface area contributed by atoms with Gasteiger partial charge in [-0.05, 0) is 6.92 Å². The van der Waals surface area contributed by atoms with Gasteiger partial charge in [0, 0.05) is 25.3 Å². The number of Topliss-reactive ketones (excluding diaryl/α,β-unsaturated/α-hetero) is 1. The second-order valence-corrected chi connectivity index (χ2v) is 3.57. The largest absolute Gasteiger partial charge is 0.381 e. The van der Waals surface area contributed by atoms with E-state index in [0.29, 0.717) is 12.3 Å². The first-order valence-electron chi connectivity index (χ1n) is 4.27. The number of hydrogen-bond donors (Lipinski definition) is 0. The van der Waals surface area contributed by atoms with Crippen LogP contribution in [0, 0.1) is 0 Å². The number of carbonyl (C=O) groups excluding carboxylic acids is 1. The monoisotopic (exact) mass is 199 g/mol. The average Bonchev–Trinajstić information content (AvgIpc) is 2.53. The molecule has 0 saturated carbocycles. The summed E-state index contributed by atoms with van der Waals surface area (Å²) in [7, 11) is 0. The van der Waals surface area contributed by atoms with Crippen molar-refractivity contribution >= 4 is 17.1 Å². The van der Waals surface area contributed by atoms with Crippen LogP contribution in [-0.2, 0) is 11.2 Å². The Labute approximate surface area is 81.8 Å². The van der Waals surface area contributed by atoms with Gasteiger partial charge in [0.25, 0.3) is 0 Å². The van der Waals surface area contributed by atoms with E-state index in [2.05, 4.69) is 4.98 Å². The van der Waals surface area contributed by atoms with E-state index in [9.17, 15) is 4.79 Å². The van der Waals surface area contributed by atoms with Crippen LogP contribution < -0.4 is 0 Å². The maximum absolute atomic E-state index is 10.9. The molecule has 3 nitrogen and oxygen atoms in total. The van der Waals surface area contributed by atoms with Crippen LogP contribution in [0.15, 0.2) is 5.38 Å². The maximum Gasteiger partial charge on any atom is 0.178 e. The topological polar surface area (TPSA) is 39.2 Å². The van der Waals surface area contributed by atoms with E-state index < -0.39 is 0 Å². The Hall–Kier alpha value is -0.740. The lowest BCUT2D eigenvalue weighted by Crippen LogP contribution is -1.98. The molecule has 0 bridgehead atoms. The predicted molar refractivity (Wildman–Crippen MR) is 52.3 cm³/mol. The fourth-order valence-corrected chi connectivity index (χ4v) is 1.71. The van der Waals surface area contributed by atoms with Crippen LogP contribution in [0.5, 0.6) is 0 Å². The molecule has 13 heavy (non-hydrogen) atoms. The molecule has 1 aromatic heterocycles. The Morgan fingerprint density at radius 1 is 1.69 bits per heavy atom. The summed E-state index contributed by atoms with van der Waals surface area (Å²) in [4.78, 5) is 15.1. The minimum atomic E-state index is 0.0268. The number of ketones is 1. The molecular weight excluding hydrogens is 186 g/mol. The number of aromatic nitrogens is 1. The molecule has 0 saturated heterocycles. The molecular formula is C9H13NO2S. The zero-order valence-corrected chi connectivity index (χ0v) is 8.69. The summed E-state index contributed by atoms with van der Waals surface area (Å²) >= 11 is 1.52. The number of carbonyl (C=O) groups is 1. The zero-order chi connectivity index (χ0) is 9.68. The van der Waals surface area contributed by atoms with E-state index in [4.69, 9.17) is 4.74 Å². The van der Waals surface area contributed by atoms with Crippen molar-refractivity contribution in [3.63, 3.8) is 0 Å². The SMILES string of the molecule is CCOCCc1nc(C(C)=O)cs1. The third kappa shape index (κ3) is 3.24. The average molecular weight is 199 g/mol. The van der Waals surface area contributed by atoms with Crippen molar-refractivity contribution in [1.29, 1.82) is 0 Å². The van der Waals surface area contributed by atoms with Crippen LogP contribution in [0.4, 0.5) is 0 Å². The van der Waals surface area contributed by atoms with Gasteiger partial charge in [-0.2, -0.15) is 0 Å². The molecule has 0 radical (unpaired) electrons. The molecule has 0 spiro atoms. The molecule has 0 amide bonds. The Morgan fingerprint density at radius 3 is 3.00 bits per heavy atom. The van der Waals surface area contributed by atoms with E-state index in [1.54, 1.807) is 5.38 Å². The summed E-state index contributed by atoms with van der Waals surface area (Å²) in [6, 6.07) is 0. The van der Waals surface area contributed by atoms with Gasteiger partial charge in [-0.15, -0.1) is 11.3 Å². The highest BCUT2D eigenvalue weighted by Gasteiger charge is 2.04. The maximum atomic E-state index is 10.9. The molecule has 0 aliphatic heterocycles. The Kier molecular flexibility index (Phi) is 4.05. The minimum Gasteiger partial charge on any atom is -0.381 e. The first-order valence-corrected chi connectivity index (χ1v) is 5.15. The van der Waals surface area contributed by atoms with Crippen LogP contribution in [0.2, 0.25) is 0 Å². The fourth-order valence-electron chi connectivity index (χ4n) is 0.891. The fraction of sp³-hybridized carbons (Fsp3) is 0.556. The summed E-state index contributed by atoms with van der Waals surface area (Å²) in [6.45, 7) is 4.90. The summed E-state index contributed by atoms with van der Waals surface area (Å²) in [5.41, 5.74) is 0.566. The molecule has 0 unspecified atom stereocenters. The van der Waals surface area contributed by atoms with Gasteiger partial charge in [0.05, 0.1) is 11.6 Å². The number of nitrogens with zero attached hydrogens (tertiary/aromatic N) is 1. The quantitative estimate of drug-likeness (QED) is 0.537. The summed E-state index contributed by atoms with van der Waals surface area (Å²) in [5.74, 6) is 0.0268. The summed E-state index contributed by atoms with van der Waals surface area (Å²) in [6.07, 6.45) is 0.797. The number of hydrogen-bond acceptors (Lipinski definition) is 4. The third-order valence-corrected chi connectivity index (χ3v) is 2.49. The lowest BCUT2D eigenvalue weighted by molar-refractivity contribution is 0.101. The Morgan fingerprint density at radius 2 is 2.46 bits per heavy atom. The molecule has 0 N–H and O–H groups in total. The van der Waals surface area contributed by atoms with Gasteiger partial charge in [-0.1, -0.05) is 0 Å². The van der Waals surface area contributed by atoms with Crippen molar-refractivity contribution in [1.82, 2.24) is 4.98 Å². The minimum absolute atomic E-state index is 0.0268.